The normalized spacial score (nSPS) is 15.0. The molecule has 6 heteroatoms. The molecule has 18 heavy (non-hydrogen) atoms. The van der Waals surface area contributed by atoms with Gasteiger partial charge in [-0.3, -0.25) is 5.10 Å². The predicted octanol–water partition coefficient (Wildman–Crippen LogP) is 3.77. The van der Waals surface area contributed by atoms with E-state index in [1.807, 2.05) is 0 Å². The summed E-state index contributed by atoms with van der Waals surface area (Å²) >= 11 is 7.46. The number of rotatable bonds is 4. The maximum Gasteiger partial charge on any atom is 0.208 e. The van der Waals surface area contributed by atoms with Crippen LogP contribution in [0.2, 0.25) is 5.02 Å². The summed E-state index contributed by atoms with van der Waals surface area (Å²) in [5.74, 6) is 1.87. The van der Waals surface area contributed by atoms with Crippen molar-refractivity contribution in [2.75, 3.05) is 0 Å². The molecule has 1 aliphatic rings. The molecular weight excluding hydrogens is 273 g/mol. The molecular formula is C12H11ClFN3S. The second-order valence-electron chi connectivity index (χ2n) is 4.30. The Kier molecular flexibility index (Phi) is 3.26. The molecule has 0 aliphatic heterocycles. The molecule has 1 aromatic heterocycles. The Morgan fingerprint density at radius 2 is 2.28 bits per heavy atom. The molecule has 1 N–H and O–H groups in total. The summed E-state index contributed by atoms with van der Waals surface area (Å²) in [6.07, 6.45) is 2.40. The summed E-state index contributed by atoms with van der Waals surface area (Å²) in [4.78, 5) is 4.41. The first-order chi connectivity index (χ1) is 8.72. The van der Waals surface area contributed by atoms with Crippen LogP contribution in [0.25, 0.3) is 0 Å². The Labute approximate surface area is 113 Å². The van der Waals surface area contributed by atoms with Crippen LogP contribution >= 0.6 is 23.4 Å². The van der Waals surface area contributed by atoms with E-state index in [1.54, 1.807) is 6.07 Å². The van der Waals surface area contributed by atoms with Crippen molar-refractivity contribution < 1.29 is 4.39 Å². The van der Waals surface area contributed by atoms with Gasteiger partial charge < -0.3 is 0 Å². The van der Waals surface area contributed by atoms with Crippen molar-refractivity contribution in [2.24, 2.45) is 0 Å². The van der Waals surface area contributed by atoms with Gasteiger partial charge in [0.15, 0.2) is 0 Å². The van der Waals surface area contributed by atoms with Crippen molar-refractivity contribution in [3.8, 4) is 0 Å². The van der Waals surface area contributed by atoms with Crippen molar-refractivity contribution in [3.05, 3.63) is 40.4 Å². The zero-order chi connectivity index (χ0) is 12.5. The van der Waals surface area contributed by atoms with E-state index in [4.69, 9.17) is 11.6 Å². The van der Waals surface area contributed by atoms with Crippen LogP contribution in [0.3, 0.4) is 0 Å². The lowest BCUT2D eigenvalue weighted by Crippen LogP contribution is -1.85. The molecule has 1 saturated carbocycles. The highest BCUT2D eigenvalue weighted by atomic mass is 35.5. The molecule has 0 saturated heterocycles. The number of nitrogens with one attached hydrogen (secondary N) is 1. The number of hydrogen-bond donors (Lipinski definition) is 1. The molecule has 3 nitrogen and oxygen atoms in total. The average Bonchev–Trinajstić information content (AvgIpc) is 3.08. The summed E-state index contributed by atoms with van der Waals surface area (Å²) < 4.78 is 12.9. The van der Waals surface area contributed by atoms with Gasteiger partial charge in [0.25, 0.3) is 0 Å². The number of H-pyrrole nitrogens is 1. The summed E-state index contributed by atoms with van der Waals surface area (Å²) in [7, 11) is 0. The van der Waals surface area contributed by atoms with Crippen LogP contribution in [-0.2, 0) is 5.75 Å². The van der Waals surface area contributed by atoms with Crippen molar-refractivity contribution in [3.63, 3.8) is 0 Å². The number of aromatic nitrogens is 3. The average molecular weight is 284 g/mol. The monoisotopic (exact) mass is 283 g/mol. The van der Waals surface area contributed by atoms with Crippen LogP contribution in [0.4, 0.5) is 4.39 Å². The fraction of sp³-hybridized carbons (Fsp3) is 0.333. The highest BCUT2D eigenvalue weighted by Crippen LogP contribution is 2.38. The zero-order valence-corrected chi connectivity index (χ0v) is 11.1. The van der Waals surface area contributed by atoms with Crippen molar-refractivity contribution in [2.45, 2.75) is 29.7 Å². The molecule has 3 rings (SSSR count). The third-order valence-electron chi connectivity index (χ3n) is 2.82. The molecule has 0 radical (unpaired) electrons. The Bertz CT molecular complexity index is 568. The van der Waals surface area contributed by atoms with Gasteiger partial charge >= 0.3 is 0 Å². The molecule has 0 spiro atoms. The largest absolute Gasteiger partial charge is 0.262 e. The Morgan fingerprint density at radius 3 is 3.00 bits per heavy atom. The summed E-state index contributed by atoms with van der Waals surface area (Å²) in [5.41, 5.74) is 0.890. The quantitative estimate of drug-likeness (QED) is 0.869. The molecule has 2 aromatic rings. The number of nitrogens with zero attached hydrogens (tertiary/aromatic N) is 2. The predicted molar refractivity (Wildman–Crippen MR) is 69.3 cm³/mol. The number of hydrogen-bond acceptors (Lipinski definition) is 3. The van der Waals surface area contributed by atoms with Crippen LogP contribution < -0.4 is 0 Å². The van der Waals surface area contributed by atoms with E-state index in [-0.39, 0.29) is 5.82 Å². The van der Waals surface area contributed by atoms with Crippen LogP contribution in [-0.4, -0.2) is 15.2 Å². The smallest absolute Gasteiger partial charge is 0.208 e. The third kappa shape index (κ3) is 2.67. The van der Waals surface area contributed by atoms with Crippen LogP contribution in [0.15, 0.2) is 23.4 Å². The summed E-state index contributed by atoms with van der Waals surface area (Å²) in [5, 5.41) is 8.27. The van der Waals surface area contributed by atoms with Crippen molar-refractivity contribution in [1.29, 1.82) is 0 Å². The molecule has 0 atom stereocenters. The SMILES string of the molecule is Fc1ccc(CSc2n[nH]c(C3CC3)n2)c(Cl)c1. The molecule has 1 fully saturated rings. The molecule has 0 bridgehead atoms. The van der Waals surface area contributed by atoms with Gasteiger partial charge in [-0.25, -0.2) is 9.37 Å². The molecule has 94 valence electrons. The number of halogens is 2. The van der Waals surface area contributed by atoms with Gasteiger partial charge in [-0.1, -0.05) is 29.4 Å². The number of benzene rings is 1. The van der Waals surface area contributed by atoms with Gasteiger partial charge in [0.1, 0.15) is 11.6 Å². The first-order valence-electron chi connectivity index (χ1n) is 5.71. The maximum absolute atomic E-state index is 12.9. The standard InChI is InChI=1S/C12H11ClFN3S/c13-10-5-9(14)4-3-8(10)6-18-12-15-11(16-17-12)7-1-2-7/h3-5,7H,1-2,6H2,(H,15,16,17). The third-order valence-corrected chi connectivity index (χ3v) is 4.07. The van der Waals surface area contributed by atoms with E-state index in [0.29, 0.717) is 16.7 Å². The van der Waals surface area contributed by atoms with Gasteiger partial charge in [0, 0.05) is 16.7 Å². The van der Waals surface area contributed by atoms with Crippen molar-refractivity contribution in [1.82, 2.24) is 15.2 Å². The van der Waals surface area contributed by atoms with E-state index in [2.05, 4.69) is 15.2 Å². The Morgan fingerprint density at radius 1 is 1.44 bits per heavy atom. The molecule has 1 aliphatic carbocycles. The zero-order valence-electron chi connectivity index (χ0n) is 9.49. The van der Waals surface area contributed by atoms with E-state index in [1.165, 1.54) is 36.7 Å². The fourth-order valence-corrected chi connectivity index (χ4v) is 2.77. The Balaban J connectivity index is 1.65. The Hall–Kier alpha value is -1.07. The molecule has 1 heterocycles. The first-order valence-corrected chi connectivity index (χ1v) is 7.08. The van der Waals surface area contributed by atoms with Crippen LogP contribution in [0, 0.1) is 5.82 Å². The molecule has 0 amide bonds. The lowest BCUT2D eigenvalue weighted by molar-refractivity contribution is 0.627. The van der Waals surface area contributed by atoms with E-state index >= 15 is 0 Å². The van der Waals surface area contributed by atoms with Gasteiger partial charge in [-0.15, -0.1) is 5.10 Å². The number of aromatic amines is 1. The highest BCUT2D eigenvalue weighted by molar-refractivity contribution is 7.98. The summed E-state index contributed by atoms with van der Waals surface area (Å²) in [6, 6.07) is 4.43. The second kappa shape index (κ2) is 4.90. The van der Waals surface area contributed by atoms with E-state index in [9.17, 15) is 4.39 Å². The number of thioether (sulfide) groups is 1. The first kappa shape index (κ1) is 12.0. The minimum atomic E-state index is -0.317. The maximum atomic E-state index is 12.9. The van der Waals surface area contributed by atoms with Gasteiger partial charge in [0.05, 0.1) is 0 Å². The lowest BCUT2D eigenvalue weighted by Gasteiger charge is -2.01. The van der Waals surface area contributed by atoms with Gasteiger partial charge in [-0.2, -0.15) is 0 Å². The van der Waals surface area contributed by atoms with E-state index in [0.717, 1.165) is 16.5 Å². The topological polar surface area (TPSA) is 41.6 Å². The fourth-order valence-electron chi connectivity index (χ4n) is 1.64. The molecule has 0 unspecified atom stereocenters. The highest BCUT2D eigenvalue weighted by Gasteiger charge is 2.27. The summed E-state index contributed by atoms with van der Waals surface area (Å²) in [6.45, 7) is 0. The minimum Gasteiger partial charge on any atom is -0.262 e. The molecule has 1 aromatic carbocycles. The second-order valence-corrected chi connectivity index (χ2v) is 5.65. The lowest BCUT2D eigenvalue weighted by atomic mass is 10.2. The van der Waals surface area contributed by atoms with Crippen molar-refractivity contribution >= 4 is 23.4 Å². The van der Waals surface area contributed by atoms with Crippen LogP contribution in [0.1, 0.15) is 30.1 Å². The van der Waals surface area contributed by atoms with Gasteiger partial charge in [-0.05, 0) is 30.5 Å². The van der Waals surface area contributed by atoms with Crippen LogP contribution in [0.5, 0.6) is 0 Å². The minimum absolute atomic E-state index is 0.317. The van der Waals surface area contributed by atoms with Gasteiger partial charge in [0.2, 0.25) is 5.16 Å². The van der Waals surface area contributed by atoms with E-state index < -0.39 is 0 Å².